The Labute approximate surface area is 130 Å². The topological polar surface area (TPSA) is 93.1 Å². The van der Waals surface area contributed by atoms with Gasteiger partial charge < -0.3 is 14.6 Å². The molecule has 22 heavy (non-hydrogen) atoms. The third-order valence-corrected chi connectivity index (χ3v) is 5.29. The van der Waals surface area contributed by atoms with E-state index in [0.29, 0.717) is 17.1 Å². The van der Waals surface area contributed by atoms with Crippen molar-refractivity contribution in [1.82, 2.24) is 4.31 Å². The Morgan fingerprint density at radius 1 is 1.27 bits per heavy atom. The first kappa shape index (κ1) is 18.2. The molecule has 0 aliphatic carbocycles. The van der Waals surface area contributed by atoms with Crippen LogP contribution in [0.2, 0.25) is 0 Å². The lowest BCUT2D eigenvalue weighted by molar-refractivity contribution is -0.141. The first-order chi connectivity index (χ1) is 10.1. The van der Waals surface area contributed by atoms with Crippen molar-refractivity contribution in [3.05, 3.63) is 17.7 Å². The van der Waals surface area contributed by atoms with Crippen LogP contribution < -0.4 is 9.47 Å². The van der Waals surface area contributed by atoms with Gasteiger partial charge >= 0.3 is 5.97 Å². The first-order valence-electron chi connectivity index (χ1n) is 6.56. The number of aliphatic carboxylic acids is 1. The van der Waals surface area contributed by atoms with Gasteiger partial charge in [-0.05, 0) is 18.6 Å². The summed E-state index contributed by atoms with van der Waals surface area (Å²) in [7, 11) is 0.412. The molecule has 0 aliphatic heterocycles. The van der Waals surface area contributed by atoms with Gasteiger partial charge in [-0.2, -0.15) is 0 Å². The standard InChI is InChI=1S/C14H21NO6S/c1-9-6-11(20-4)12(21-5)7-13(9)22(18,19)15(3)8-10(2)14(16)17/h6-7,10H,8H2,1-5H3,(H,16,17). The lowest BCUT2D eigenvalue weighted by Crippen LogP contribution is -2.34. The van der Waals surface area contributed by atoms with Crippen LogP contribution in [0.3, 0.4) is 0 Å². The molecule has 0 heterocycles. The Kier molecular flexibility index (Phi) is 5.78. The number of rotatable bonds is 7. The van der Waals surface area contributed by atoms with Crippen molar-refractivity contribution in [3.63, 3.8) is 0 Å². The first-order valence-corrected chi connectivity index (χ1v) is 8.00. The Hall–Kier alpha value is -1.80. The number of carbonyl (C=O) groups is 1. The molecule has 0 saturated heterocycles. The van der Waals surface area contributed by atoms with Crippen molar-refractivity contribution in [2.75, 3.05) is 27.8 Å². The Morgan fingerprint density at radius 3 is 2.23 bits per heavy atom. The third kappa shape index (κ3) is 3.69. The maximum atomic E-state index is 12.6. The second kappa shape index (κ2) is 6.97. The Bertz CT molecular complexity index is 656. The van der Waals surface area contributed by atoms with Crippen LogP contribution in [-0.2, 0) is 14.8 Å². The molecule has 0 aliphatic rings. The number of hydrogen-bond acceptors (Lipinski definition) is 5. The van der Waals surface area contributed by atoms with Crippen LogP contribution in [0.15, 0.2) is 17.0 Å². The van der Waals surface area contributed by atoms with E-state index in [0.717, 1.165) is 4.31 Å². The summed E-state index contributed by atoms with van der Waals surface area (Å²) < 4.78 is 36.5. The number of methoxy groups -OCH3 is 2. The Balaban J connectivity index is 3.25. The van der Waals surface area contributed by atoms with Crippen LogP contribution in [0, 0.1) is 12.8 Å². The van der Waals surface area contributed by atoms with Gasteiger partial charge in [0, 0.05) is 19.7 Å². The van der Waals surface area contributed by atoms with Crippen molar-refractivity contribution in [3.8, 4) is 11.5 Å². The highest BCUT2D eigenvalue weighted by molar-refractivity contribution is 7.89. The molecule has 0 bridgehead atoms. The zero-order valence-corrected chi connectivity index (χ0v) is 14.1. The van der Waals surface area contributed by atoms with Crippen LogP contribution in [0.1, 0.15) is 12.5 Å². The van der Waals surface area contributed by atoms with Gasteiger partial charge in [-0.15, -0.1) is 0 Å². The average molecular weight is 331 g/mol. The number of ether oxygens (including phenoxy) is 2. The number of carboxylic acid groups (broad SMARTS) is 1. The van der Waals surface area contributed by atoms with E-state index < -0.39 is 21.9 Å². The molecular weight excluding hydrogens is 310 g/mol. The molecule has 1 unspecified atom stereocenters. The van der Waals surface area contributed by atoms with E-state index in [-0.39, 0.29) is 11.4 Å². The molecule has 124 valence electrons. The quantitative estimate of drug-likeness (QED) is 0.811. The summed E-state index contributed by atoms with van der Waals surface area (Å²) in [5.41, 5.74) is 0.493. The second-order valence-electron chi connectivity index (χ2n) is 5.00. The van der Waals surface area contributed by atoms with E-state index in [2.05, 4.69) is 0 Å². The highest BCUT2D eigenvalue weighted by Gasteiger charge is 2.27. The van der Waals surface area contributed by atoms with Gasteiger partial charge in [0.25, 0.3) is 0 Å². The van der Waals surface area contributed by atoms with E-state index in [1.54, 1.807) is 13.0 Å². The number of benzene rings is 1. The molecule has 1 atom stereocenters. The molecule has 8 heteroatoms. The highest BCUT2D eigenvalue weighted by atomic mass is 32.2. The maximum Gasteiger partial charge on any atom is 0.307 e. The monoisotopic (exact) mass is 331 g/mol. The molecule has 0 fully saturated rings. The molecule has 1 aromatic rings. The van der Waals surface area contributed by atoms with Crippen molar-refractivity contribution in [2.24, 2.45) is 5.92 Å². The fourth-order valence-corrected chi connectivity index (χ4v) is 3.45. The van der Waals surface area contributed by atoms with Crippen LogP contribution >= 0.6 is 0 Å². The fourth-order valence-electron chi connectivity index (χ4n) is 1.97. The minimum Gasteiger partial charge on any atom is -0.493 e. The van der Waals surface area contributed by atoms with E-state index >= 15 is 0 Å². The van der Waals surface area contributed by atoms with E-state index in [1.807, 2.05) is 0 Å². The van der Waals surface area contributed by atoms with Crippen LogP contribution in [0.5, 0.6) is 11.5 Å². The molecule has 7 nitrogen and oxygen atoms in total. The summed E-state index contributed by atoms with van der Waals surface area (Å²) in [6.07, 6.45) is 0. The van der Waals surface area contributed by atoms with E-state index in [9.17, 15) is 13.2 Å². The molecule has 0 radical (unpaired) electrons. The molecular formula is C14H21NO6S. The number of hydrogen-bond donors (Lipinski definition) is 1. The largest absolute Gasteiger partial charge is 0.493 e. The van der Waals surface area contributed by atoms with Gasteiger partial charge in [0.2, 0.25) is 10.0 Å². The zero-order valence-electron chi connectivity index (χ0n) is 13.3. The molecule has 0 amide bonds. The van der Waals surface area contributed by atoms with Gasteiger partial charge in [0.1, 0.15) is 0 Å². The number of aryl methyl sites for hydroxylation is 1. The normalized spacial score (nSPS) is 13.0. The van der Waals surface area contributed by atoms with Crippen molar-refractivity contribution in [1.29, 1.82) is 0 Å². The molecule has 0 saturated carbocycles. The van der Waals surface area contributed by atoms with Crippen LogP contribution in [-0.4, -0.2) is 51.6 Å². The summed E-state index contributed by atoms with van der Waals surface area (Å²) >= 11 is 0. The summed E-state index contributed by atoms with van der Waals surface area (Å²) in [4.78, 5) is 11.0. The smallest absolute Gasteiger partial charge is 0.307 e. The molecule has 1 aromatic carbocycles. The van der Waals surface area contributed by atoms with Crippen LogP contribution in [0.25, 0.3) is 0 Å². The SMILES string of the molecule is COc1cc(C)c(S(=O)(=O)N(C)CC(C)C(=O)O)cc1OC. The predicted molar refractivity (Wildman–Crippen MR) is 80.9 cm³/mol. The van der Waals surface area contributed by atoms with Gasteiger partial charge in [0.05, 0.1) is 25.0 Å². The van der Waals surface area contributed by atoms with Gasteiger partial charge in [0.15, 0.2) is 11.5 Å². The zero-order chi connectivity index (χ0) is 17.1. The molecule has 1 rings (SSSR count). The molecule has 0 spiro atoms. The van der Waals surface area contributed by atoms with Crippen LogP contribution in [0.4, 0.5) is 0 Å². The maximum absolute atomic E-state index is 12.6. The lowest BCUT2D eigenvalue weighted by atomic mass is 10.2. The summed E-state index contributed by atoms with van der Waals surface area (Å²) in [5, 5.41) is 8.91. The predicted octanol–water partition coefficient (Wildman–Crippen LogP) is 1.35. The highest BCUT2D eigenvalue weighted by Crippen LogP contribution is 2.33. The Morgan fingerprint density at radius 2 is 1.77 bits per heavy atom. The van der Waals surface area contributed by atoms with Crippen molar-refractivity contribution >= 4 is 16.0 Å². The van der Waals surface area contributed by atoms with E-state index in [1.165, 1.54) is 34.3 Å². The minimum absolute atomic E-state index is 0.0604. The van der Waals surface area contributed by atoms with Crippen molar-refractivity contribution in [2.45, 2.75) is 18.7 Å². The molecule has 1 N–H and O–H groups in total. The van der Waals surface area contributed by atoms with Gasteiger partial charge in [-0.1, -0.05) is 6.92 Å². The second-order valence-corrected chi connectivity index (χ2v) is 7.01. The summed E-state index contributed by atoms with van der Waals surface area (Å²) in [6, 6.07) is 2.95. The third-order valence-electron chi connectivity index (χ3n) is 3.32. The number of carboxylic acids is 1. The minimum atomic E-state index is -3.82. The van der Waals surface area contributed by atoms with E-state index in [4.69, 9.17) is 14.6 Å². The van der Waals surface area contributed by atoms with Gasteiger partial charge in [-0.25, -0.2) is 12.7 Å². The fraction of sp³-hybridized carbons (Fsp3) is 0.500. The van der Waals surface area contributed by atoms with Crippen molar-refractivity contribution < 1.29 is 27.8 Å². The summed E-state index contributed by atoms with van der Waals surface area (Å²) in [6.45, 7) is 2.98. The number of nitrogens with zero attached hydrogens (tertiary/aromatic N) is 1. The van der Waals surface area contributed by atoms with Gasteiger partial charge in [-0.3, -0.25) is 4.79 Å². The average Bonchev–Trinajstić information content (AvgIpc) is 2.46. The molecule has 0 aromatic heterocycles. The number of sulfonamides is 1. The lowest BCUT2D eigenvalue weighted by Gasteiger charge is -2.21. The summed E-state index contributed by atoms with van der Waals surface area (Å²) in [5.74, 6) is -1.13.